The van der Waals surface area contributed by atoms with Crippen molar-refractivity contribution in [2.24, 2.45) is 0 Å². The van der Waals surface area contributed by atoms with Crippen molar-refractivity contribution in [2.75, 3.05) is 25.9 Å². The molecule has 108 valence electrons. The minimum atomic E-state index is -1.55. The van der Waals surface area contributed by atoms with Crippen LogP contribution in [-0.2, 0) is 10.5 Å². The van der Waals surface area contributed by atoms with Crippen LogP contribution in [0.15, 0.2) is 18.2 Å². The molecule has 0 heterocycles. The number of hydrogen-bond donors (Lipinski definition) is 1. The highest BCUT2D eigenvalue weighted by Gasteiger charge is 2.53. The first-order valence-electron chi connectivity index (χ1n) is 5.29. The van der Waals surface area contributed by atoms with Crippen molar-refractivity contribution in [1.82, 2.24) is 0 Å². The zero-order valence-electron chi connectivity index (χ0n) is 11.1. The van der Waals surface area contributed by atoms with E-state index in [1.54, 1.807) is 18.2 Å². The number of methoxy groups -OCH3 is 1. The Morgan fingerprint density at radius 1 is 1.11 bits per heavy atom. The van der Waals surface area contributed by atoms with Crippen molar-refractivity contribution in [3.8, 4) is 0 Å². The van der Waals surface area contributed by atoms with Gasteiger partial charge in [0.05, 0.1) is 0 Å². The number of ether oxygens (including phenoxy) is 1. The molecule has 0 bridgehead atoms. The van der Waals surface area contributed by atoms with Gasteiger partial charge in [-0.2, -0.15) is 0 Å². The van der Waals surface area contributed by atoms with Gasteiger partial charge in [0.15, 0.2) is 3.41 Å². The first kappa shape index (κ1) is 17.8. The average molecular weight is 359 g/mol. The van der Waals surface area contributed by atoms with Gasteiger partial charge in [-0.25, -0.2) is 0 Å². The molecule has 0 fully saturated rings. The second-order valence-electron chi connectivity index (χ2n) is 3.64. The zero-order chi connectivity index (χ0) is 14.7. The van der Waals surface area contributed by atoms with E-state index in [-0.39, 0.29) is 0 Å². The van der Waals surface area contributed by atoms with Crippen LogP contribution in [0, 0.1) is 0 Å². The molecule has 0 aliphatic rings. The van der Waals surface area contributed by atoms with Crippen molar-refractivity contribution in [3.63, 3.8) is 0 Å². The normalized spacial score (nSPS) is 15.3. The fraction of sp³-hybridized carbons (Fsp3) is 0.500. The van der Waals surface area contributed by atoms with Gasteiger partial charge in [0.2, 0.25) is 5.79 Å². The van der Waals surface area contributed by atoms with E-state index in [1.807, 2.05) is 18.8 Å². The van der Waals surface area contributed by atoms with E-state index in [1.165, 1.54) is 42.4 Å². The molecule has 7 heteroatoms. The molecule has 0 spiro atoms. The van der Waals surface area contributed by atoms with Crippen molar-refractivity contribution in [3.05, 3.63) is 33.8 Å². The van der Waals surface area contributed by atoms with Crippen LogP contribution >= 0.6 is 58.5 Å². The van der Waals surface area contributed by atoms with Crippen molar-refractivity contribution >= 4 is 58.5 Å². The number of hydrogen-bond acceptors (Lipinski definition) is 5. The smallest absolute Gasteiger partial charge is 0.228 e. The summed E-state index contributed by atoms with van der Waals surface area (Å²) in [6.07, 6.45) is 5.78. The van der Waals surface area contributed by atoms with Gasteiger partial charge in [0, 0.05) is 22.7 Å². The highest BCUT2D eigenvalue weighted by atomic mass is 35.5. The van der Waals surface area contributed by atoms with E-state index < -0.39 is 9.20 Å². The zero-order valence-corrected chi connectivity index (χ0v) is 15.0. The van der Waals surface area contributed by atoms with Crippen LogP contribution in [0.5, 0.6) is 0 Å². The Hall–Kier alpha value is 0.770. The molecule has 19 heavy (non-hydrogen) atoms. The van der Waals surface area contributed by atoms with E-state index in [2.05, 4.69) is 0 Å². The summed E-state index contributed by atoms with van der Waals surface area (Å²) in [5.41, 5.74) is 0.474. The van der Waals surface area contributed by atoms with Gasteiger partial charge in [-0.1, -0.05) is 23.2 Å². The summed E-state index contributed by atoms with van der Waals surface area (Å²) in [5, 5.41) is 12.0. The monoisotopic (exact) mass is 358 g/mol. The fourth-order valence-electron chi connectivity index (χ4n) is 1.82. The molecule has 0 amide bonds. The second-order valence-corrected chi connectivity index (χ2v) is 8.32. The molecule has 1 rings (SSSR count). The first-order valence-corrected chi connectivity index (χ1v) is 9.72. The van der Waals surface area contributed by atoms with E-state index in [9.17, 15) is 5.11 Å². The molecule has 2 nitrogen and oxygen atoms in total. The van der Waals surface area contributed by atoms with Crippen LogP contribution in [0.2, 0.25) is 10.0 Å². The molecule has 1 N–H and O–H groups in total. The number of halogens is 2. The lowest BCUT2D eigenvalue weighted by atomic mass is 10.1. The van der Waals surface area contributed by atoms with Gasteiger partial charge in [0.25, 0.3) is 0 Å². The van der Waals surface area contributed by atoms with Crippen LogP contribution < -0.4 is 0 Å². The number of aliphatic hydroxyl groups is 1. The predicted octanol–water partition coefficient (Wildman–Crippen LogP) is 4.53. The third kappa shape index (κ3) is 3.18. The fourth-order valence-corrected chi connectivity index (χ4v) is 5.65. The third-order valence-electron chi connectivity index (χ3n) is 2.81. The average Bonchev–Trinajstić information content (AvgIpc) is 2.43. The number of benzene rings is 1. The van der Waals surface area contributed by atoms with E-state index >= 15 is 0 Å². The van der Waals surface area contributed by atoms with Gasteiger partial charge < -0.3 is 9.84 Å². The molecule has 1 atom stereocenters. The summed E-state index contributed by atoms with van der Waals surface area (Å²) in [6, 6.07) is 4.99. The summed E-state index contributed by atoms with van der Waals surface area (Å²) < 4.78 is 4.81. The van der Waals surface area contributed by atoms with Gasteiger partial charge in [-0.15, -0.1) is 35.3 Å². The van der Waals surface area contributed by atoms with Gasteiger partial charge in [-0.3, -0.25) is 0 Å². The Kier molecular flexibility index (Phi) is 6.72. The Morgan fingerprint density at radius 3 is 2.05 bits per heavy atom. The van der Waals surface area contributed by atoms with Crippen LogP contribution in [0.4, 0.5) is 0 Å². The molecule has 0 aliphatic heterocycles. The van der Waals surface area contributed by atoms with E-state index in [0.29, 0.717) is 15.6 Å². The maximum absolute atomic E-state index is 11.1. The summed E-state index contributed by atoms with van der Waals surface area (Å²) in [6.45, 7) is 0. The van der Waals surface area contributed by atoms with Gasteiger partial charge >= 0.3 is 0 Å². The minimum absolute atomic E-state index is 0.426. The minimum Gasteiger partial charge on any atom is -0.359 e. The Morgan fingerprint density at radius 2 is 1.63 bits per heavy atom. The van der Waals surface area contributed by atoms with E-state index in [0.717, 1.165) is 0 Å². The van der Waals surface area contributed by atoms with Crippen molar-refractivity contribution in [2.45, 2.75) is 9.20 Å². The molecule has 0 saturated carbocycles. The molecule has 1 aromatic carbocycles. The van der Waals surface area contributed by atoms with Gasteiger partial charge in [-0.05, 0) is 37.0 Å². The summed E-state index contributed by atoms with van der Waals surface area (Å²) in [5.74, 6) is -1.55. The standard InChI is InChI=1S/C12H16Cl2O2S3/c1-16-11(15,12(17-2,18-3)19-4)9-7-8(13)5-6-10(9)14/h5-7,15H,1-4H3. The lowest BCUT2D eigenvalue weighted by molar-refractivity contribution is -0.186. The Balaban J connectivity index is 3.49. The lowest BCUT2D eigenvalue weighted by Gasteiger charge is -2.43. The van der Waals surface area contributed by atoms with E-state index in [4.69, 9.17) is 27.9 Å². The Labute approximate surface area is 137 Å². The van der Waals surface area contributed by atoms with Crippen molar-refractivity contribution in [1.29, 1.82) is 0 Å². The molecule has 0 radical (unpaired) electrons. The molecule has 1 aromatic rings. The Bertz CT molecular complexity index is 433. The SMILES string of the molecule is COC(O)(c1cc(Cl)ccc1Cl)C(SC)(SC)SC. The quantitative estimate of drug-likeness (QED) is 0.754. The molecular formula is C12H16Cl2O2S3. The summed E-state index contributed by atoms with van der Waals surface area (Å²) in [4.78, 5) is 0. The van der Waals surface area contributed by atoms with Crippen LogP contribution in [0.1, 0.15) is 5.56 Å². The summed E-state index contributed by atoms with van der Waals surface area (Å²) >= 11 is 16.7. The number of rotatable bonds is 6. The topological polar surface area (TPSA) is 29.5 Å². The van der Waals surface area contributed by atoms with Crippen molar-refractivity contribution < 1.29 is 9.84 Å². The first-order chi connectivity index (χ1) is 8.90. The molecule has 0 aliphatic carbocycles. The van der Waals surface area contributed by atoms with Gasteiger partial charge in [0.1, 0.15) is 0 Å². The maximum atomic E-state index is 11.1. The highest BCUT2D eigenvalue weighted by molar-refractivity contribution is 8.33. The lowest BCUT2D eigenvalue weighted by Crippen LogP contribution is -2.46. The largest absolute Gasteiger partial charge is 0.359 e. The van der Waals surface area contributed by atoms with Crippen LogP contribution in [-0.4, -0.2) is 34.4 Å². The third-order valence-corrected chi connectivity index (χ3v) is 8.82. The molecule has 0 saturated heterocycles. The highest BCUT2D eigenvalue weighted by Crippen LogP contribution is 2.56. The van der Waals surface area contributed by atoms with Crippen LogP contribution in [0.25, 0.3) is 0 Å². The second kappa shape index (κ2) is 7.16. The summed E-state index contributed by atoms with van der Waals surface area (Å²) in [7, 11) is 1.47. The molecule has 1 unspecified atom stereocenters. The maximum Gasteiger partial charge on any atom is 0.228 e. The molecular weight excluding hydrogens is 343 g/mol. The van der Waals surface area contributed by atoms with Crippen LogP contribution in [0.3, 0.4) is 0 Å². The molecule has 0 aromatic heterocycles. The predicted molar refractivity (Wildman–Crippen MR) is 90.6 cm³/mol. The number of thioether (sulfide) groups is 3.